The van der Waals surface area contributed by atoms with Gasteiger partial charge in [0.25, 0.3) is 0 Å². The van der Waals surface area contributed by atoms with E-state index in [-0.39, 0.29) is 21.2 Å². The van der Waals surface area contributed by atoms with Gasteiger partial charge in [-0.25, -0.2) is 0 Å². The number of hydrogen-bond donors (Lipinski definition) is 0. The summed E-state index contributed by atoms with van der Waals surface area (Å²) in [5.74, 6) is 0. The van der Waals surface area contributed by atoms with Gasteiger partial charge in [0.05, 0.1) is 0 Å². The zero-order valence-corrected chi connectivity index (χ0v) is 12.7. The maximum absolute atomic E-state index is 2.27. The highest BCUT2D eigenvalue weighted by Gasteiger charge is 2.15. The Labute approximate surface area is 122 Å². The minimum absolute atomic E-state index is 0.00194. The number of hydrogen-bond acceptors (Lipinski definition) is 1. The van der Waals surface area contributed by atoms with Gasteiger partial charge in [-0.15, -0.1) is 0 Å². The minimum atomic E-state index is 0.00194. The van der Waals surface area contributed by atoms with Gasteiger partial charge in [-0.1, -0.05) is 41.7 Å². The first-order valence-electron chi connectivity index (χ1n) is 5.76. The third-order valence-electron chi connectivity index (χ3n) is 2.64. The zero-order chi connectivity index (χ0) is 12.2. The lowest BCUT2D eigenvalue weighted by molar-refractivity contribution is -0.591. The standard InChI is InChI=1S/C16H12IS/c1-2-5-13(6-3-1)14-8-10-15(11-9-14)17-16-7-4-12-18-16/h1-12H/q+1. The Bertz CT molecular complexity index is 597. The Morgan fingerprint density at radius 3 is 2.06 bits per heavy atom. The van der Waals surface area contributed by atoms with Crippen molar-refractivity contribution in [1.82, 2.24) is 0 Å². The second-order valence-corrected chi connectivity index (χ2v) is 8.51. The average molecular weight is 363 g/mol. The van der Waals surface area contributed by atoms with Crippen molar-refractivity contribution < 1.29 is 21.2 Å². The second-order valence-electron chi connectivity index (χ2n) is 3.88. The van der Waals surface area contributed by atoms with Crippen LogP contribution in [0, 0.1) is 6.45 Å². The molecule has 88 valence electrons. The Kier molecular flexibility index (Phi) is 3.76. The van der Waals surface area contributed by atoms with Gasteiger partial charge in [0, 0.05) is 6.07 Å². The van der Waals surface area contributed by atoms with Gasteiger partial charge in [0.1, 0.15) is 0 Å². The molecule has 0 amide bonds. The third-order valence-corrected chi connectivity index (χ3v) is 6.81. The smallest absolute Gasteiger partial charge is 0.0963 e. The normalized spacial score (nSPS) is 10.4. The van der Waals surface area contributed by atoms with Crippen LogP contribution in [0.4, 0.5) is 0 Å². The van der Waals surface area contributed by atoms with Crippen LogP contribution in [-0.2, 0) is 0 Å². The fourth-order valence-corrected chi connectivity index (χ4v) is 5.38. The van der Waals surface area contributed by atoms with Crippen LogP contribution in [0.25, 0.3) is 11.1 Å². The van der Waals surface area contributed by atoms with Crippen LogP contribution < -0.4 is 21.2 Å². The summed E-state index contributed by atoms with van der Waals surface area (Å²) in [5, 5.41) is 2.16. The summed E-state index contributed by atoms with van der Waals surface area (Å²) in [4.78, 5) is 0. The molecular weight excluding hydrogens is 351 g/mol. The maximum Gasteiger partial charge on any atom is 0.369 e. The summed E-state index contributed by atoms with van der Waals surface area (Å²) in [6.07, 6.45) is 0. The van der Waals surface area contributed by atoms with Crippen LogP contribution in [0.5, 0.6) is 0 Å². The van der Waals surface area contributed by atoms with Gasteiger partial charge in [-0.2, -0.15) is 0 Å². The van der Waals surface area contributed by atoms with Crippen molar-refractivity contribution in [2.75, 3.05) is 0 Å². The van der Waals surface area contributed by atoms with Crippen molar-refractivity contribution >= 4 is 11.3 Å². The number of halogens is 1. The van der Waals surface area contributed by atoms with Crippen LogP contribution in [0.3, 0.4) is 0 Å². The molecule has 1 aromatic heterocycles. The molecule has 0 fully saturated rings. The highest BCUT2D eigenvalue weighted by molar-refractivity contribution is 7.07. The summed E-state index contributed by atoms with van der Waals surface area (Å²) < 4.78 is 3.01. The molecule has 2 aromatic carbocycles. The fraction of sp³-hybridized carbons (Fsp3) is 0. The van der Waals surface area contributed by atoms with Crippen molar-refractivity contribution in [3.63, 3.8) is 0 Å². The Hall–Kier alpha value is -1.13. The molecule has 0 aliphatic heterocycles. The lowest BCUT2D eigenvalue weighted by Crippen LogP contribution is -3.61. The van der Waals surface area contributed by atoms with E-state index in [2.05, 4.69) is 72.1 Å². The maximum atomic E-state index is 2.27. The van der Waals surface area contributed by atoms with E-state index < -0.39 is 0 Å². The zero-order valence-electron chi connectivity index (χ0n) is 9.71. The van der Waals surface area contributed by atoms with Gasteiger partial charge in [-0.3, -0.25) is 0 Å². The molecule has 2 heteroatoms. The van der Waals surface area contributed by atoms with Gasteiger partial charge in [0.2, 0.25) is 2.88 Å². The first-order chi connectivity index (χ1) is 8.92. The Morgan fingerprint density at radius 2 is 1.39 bits per heavy atom. The molecule has 0 bridgehead atoms. The van der Waals surface area contributed by atoms with E-state index in [1.807, 2.05) is 11.3 Å². The molecule has 0 unspecified atom stereocenters. The lowest BCUT2D eigenvalue weighted by atomic mass is 10.1. The topological polar surface area (TPSA) is 0 Å². The van der Waals surface area contributed by atoms with Gasteiger partial charge >= 0.3 is 21.2 Å². The molecule has 0 spiro atoms. The summed E-state index contributed by atoms with van der Waals surface area (Å²) in [7, 11) is 0. The van der Waals surface area contributed by atoms with Crippen molar-refractivity contribution in [3.8, 4) is 11.1 Å². The van der Waals surface area contributed by atoms with Gasteiger partial charge < -0.3 is 0 Å². The van der Waals surface area contributed by atoms with Crippen molar-refractivity contribution in [3.05, 3.63) is 78.6 Å². The van der Waals surface area contributed by atoms with Gasteiger partial charge in [-0.05, 0) is 46.8 Å². The molecule has 3 rings (SSSR count). The van der Waals surface area contributed by atoms with E-state index in [0.717, 1.165) is 0 Å². The van der Waals surface area contributed by atoms with Gasteiger partial charge in [0.15, 0.2) is 3.57 Å². The van der Waals surface area contributed by atoms with Crippen LogP contribution in [-0.4, -0.2) is 0 Å². The van der Waals surface area contributed by atoms with E-state index in [1.54, 1.807) is 0 Å². The highest BCUT2D eigenvalue weighted by atomic mass is 127. The predicted octanol–water partition coefficient (Wildman–Crippen LogP) is 1.54. The third kappa shape index (κ3) is 2.82. The molecule has 0 saturated carbocycles. The van der Waals surface area contributed by atoms with E-state index in [1.165, 1.54) is 17.6 Å². The first kappa shape index (κ1) is 11.9. The summed E-state index contributed by atoms with van der Waals surface area (Å²) in [6, 6.07) is 23.9. The number of benzene rings is 2. The number of thiophene rings is 1. The SMILES string of the molecule is c1ccc(-c2ccc([I+]c3cccs3)cc2)cc1. The van der Waals surface area contributed by atoms with E-state index in [4.69, 9.17) is 0 Å². The minimum Gasteiger partial charge on any atom is -0.0963 e. The van der Waals surface area contributed by atoms with Crippen LogP contribution in [0.2, 0.25) is 0 Å². The summed E-state index contributed by atoms with van der Waals surface area (Å²) in [6.45, 7) is 0. The fourth-order valence-electron chi connectivity index (χ4n) is 1.76. The van der Waals surface area contributed by atoms with E-state index in [9.17, 15) is 0 Å². The summed E-state index contributed by atoms with van der Waals surface area (Å²) in [5.41, 5.74) is 2.59. The molecule has 1 heterocycles. The van der Waals surface area contributed by atoms with E-state index in [0.29, 0.717) is 0 Å². The molecule has 3 aromatic rings. The van der Waals surface area contributed by atoms with Crippen LogP contribution in [0.1, 0.15) is 0 Å². The Morgan fingerprint density at radius 1 is 0.667 bits per heavy atom. The molecule has 0 atom stereocenters. The quantitative estimate of drug-likeness (QED) is 0.620. The average Bonchev–Trinajstić information content (AvgIpc) is 2.94. The largest absolute Gasteiger partial charge is 0.369 e. The molecule has 0 N–H and O–H groups in total. The second kappa shape index (κ2) is 5.67. The molecule has 0 radical (unpaired) electrons. The van der Waals surface area contributed by atoms with Crippen molar-refractivity contribution in [2.45, 2.75) is 0 Å². The molecular formula is C16H12IS+. The lowest BCUT2D eigenvalue weighted by Gasteiger charge is -1.99. The van der Waals surface area contributed by atoms with E-state index >= 15 is 0 Å². The Balaban J connectivity index is 1.81. The van der Waals surface area contributed by atoms with Crippen molar-refractivity contribution in [1.29, 1.82) is 0 Å². The highest BCUT2D eigenvalue weighted by Crippen LogP contribution is 2.17. The number of rotatable bonds is 3. The van der Waals surface area contributed by atoms with Crippen molar-refractivity contribution in [2.24, 2.45) is 0 Å². The molecule has 18 heavy (non-hydrogen) atoms. The summed E-state index contributed by atoms with van der Waals surface area (Å²) >= 11 is 1.87. The first-order valence-corrected chi connectivity index (χ1v) is 8.79. The molecule has 0 nitrogen and oxygen atoms in total. The molecule has 0 aliphatic rings. The molecule has 0 saturated heterocycles. The predicted molar refractivity (Wildman–Crippen MR) is 73.6 cm³/mol. The monoisotopic (exact) mass is 363 g/mol. The molecule has 0 aliphatic carbocycles. The van der Waals surface area contributed by atoms with Crippen LogP contribution >= 0.6 is 11.3 Å². The van der Waals surface area contributed by atoms with Crippen LogP contribution in [0.15, 0.2) is 72.1 Å².